The summed E-state index contributed by atoms with van der Waals surface area (Å²) >= 11 is 0. The predicted molar refractivity (Wildman–Crippen MR) is 73.0 cm³/mol. The molecule has 1 aromatic carbocycles. The van der Waals surface area contributed by atoms with Gasteiger partial charge in [0.15, 0.2) is 0 Å². The fourth-order valence-electron chi connectivity index (χ4n) is 1.89. The summed E-state index contributed by atoms with van der Waals surface area (Å²) in [5.41, 5.74) is 1.38. The number of benzene rings is 1. The lowest BCUT2D eigenvalue weighted by atomic mass is 10.1. The lowest BCUT2D eigenvalue weighted by molar-refractivity contribution is 0.112. The largest absolute Gasteiger partial charge is 0.387 e. The van der Waals surface area contributed by atoms with Crippen LogP contribution in [-0.4, -0.2) is 29.6 Å². The highest BCUT2D eigenvalue weighted by Crippen LogP contribution is 2.15. The third kappa shape index (κ3) is 4.71. The topological polar surface area (TPSA) is 71.1 Å². The third-order valence-corrected chi connectivity index (χ3v) is 3.06. The molecule has 0 spiro atoms. The van der Waals surface area contributed by atoms with Crippen molar-refractivity contribution < 1.29 is 5.11 Å². The van der Waals surface area contributed by atoms with Crippen LogP contribution in [-0.2, 0) is 0 Å². The Balaban J connectivity index is 2.64. The van der Waals surface area contributed by atoms with Gasteiger partial charge in [-0.05, 0) is 31.2 Å². The molecule has 0 aliphatic carbocycles. The van der Waals surface area contributed by atoms with Gasteiger partial charge >= 0.3 is 0 Å². The molecule has 4 heteroatoms. The van der Waals surface area contributed by atoms with Gasteiger partial charge in [-0.15, -0.1) is 0 Å². The Hall–Kier alpha value is -1.88. The molecule has 1 aromatic rings. The average Bonchev–Trinajstić information content (AvgIpc) is 2.46. The molecule has 0 radical (unpaired) electrons. The molecule has 0 aromatic heterocycles. The summed E-state index contributed by atoms with van der Waals surface area (Å²) in [5.74, 6) is -0.0480. The minimum absolute atomic E-state index is 0.0480. The Morgan fingerprint density at radius 2 is 1.84 bits per heavy atom. The Labute approximate surface area is 114 Å². The van der Waals surface area contributed by atoms with E-state index in [0.717, 1.165) is 12.1 Å². The molecule has 0 heterocycles. The number of aliphatic hydroxyl groups is 1. The summed E-state index contributed by atoms with van der Waals surface area (Å²) in [7, 11) is 0. The quantitative estimate of drug-likeness (QED) is 0.847. The van der Waals surface area contributed by atoms with Crippen molar-refractivity contribution in [1.29, 1.82) is 10.5 Å². The van der Waals surface area contributed by atoms with E-state index >= 15 is 0 Å². The maximum Gasteiger partial charge on any atom is 0.0991 e. The predicted octanol–water partition coefficient (Wildman–Crippen LogP) is 2.07. The Morgan fingerprint density at radius 3 is 2.32 bits per heavy atom. The van der Waals surface area contributed by atoms with Crippen LogP contribution in [0.2, 0.25) is 0 Å². The van der Waals surface area contributed by atoms with Gasteiger partial charge in [0.1, 0.15) is 0 Å². The lowest BCUT2D eigenvalue weighted by Crippen LogP contribution is -2.32. The van der Waals surface area contributed by atoms with Crippen LogP contribution in [0.4, 0.5) is 0 Å². The Morgan fingerprint density at radius 1 is 1.21 bits per heavy atom. The van der Waals surface area contributed by atoms with E-state index in [2.05, 4.69) is 17.0 Å². The first-order chi connectivity index (χ1) is 9.10. The minimum atomic E-state index is -0.599. The molecule has 19 heavy (non-hydrogen) atoms. The van der Waals surface area contributed by atoms with Crippen molar-refractivity contribution in [3.63, 3.8) is 0 Å². The number of hydrogen-bond donors (Lipinski definition) is 1. The van der Waals surface area contributed by atoms with E-state index in [1.807, 2.05) is 13.8 Å². The zero-order valence-corrected chi connectivity index (χ0v) is 11.4. The van der Waals surface area contributed by atoms with Crippen molar-refractivity contribution in [2.24, 2.45) is 5.92 Å². The zero-order chi connectivity index (χ0) is 14.3. The fourth-order valence-corrected chi connectivity index (χ4v) is 1.89. The van der Waals surface area contributed by atoms with Gasteiger partial charge < -0.3 is 5.11 Å². The average molecular weight is 257 g/mol. The molecule has 4 nitrogen and oxygen atoms in total. The van der Waals surface area contributed by atoms with Crippen LogP contribution in [0.3, 0.4) is 0 Å². The van der Waals surface area contributed by atoms with Crippen molar-refractivity contribution >= 4 is 0 Å². The Bertz CT molecular complexity index is 470. The van der Waals surface area contributed by atoms with E-state index in [1.165, 1.54) is 0 Å². The normalized spacial score (nSPS) is 13.6. The summed E-state index contributed by atoms with van der Waals surface area (Å²) in [6.45, 7) is 5.82. The van der Waals surface area contributed by atoms with E-state index in [0.29, 0.717) is 18.7 Å². The number of nitriles is 2. The molecule has 0 saturated carbocycles. The van der Waals surface area contributed by atoms with E-state index in [-0.39, 0.29) is 5.92 Å². The molecule has 0 aliphatic rings. The molecule has 1 rings (SSSR count). The SMILES string of the molecule is CCN(CC(C)C#N)CC(O)c1ccc(C#N)cc1. The van der Waals surface area contributed by atoms with Crippen molar-refractivity contribution in [3.8, 4) is 12.1 Å². The van der Waals surface area contributed by atoms with Crippen LogP contribution < -0.4 is 0 Å². The summed E-state index contributed by atoms with van der Waals surface area (Å²) in [6.07, 6.45) is -0.599. The number of aliphatic hydroxyl groups excluding tert-OH is 1. The Kier molecular flexibility index (Phi) is 6.02. The summed E-state index contributed by atoms with van der Waals surface area (Å²) in [6, 6.07) is 11.2. The molecule has 0 saturated heterocycles. The number of rotatable bonds is 6. The monoisotopic (exact) mass is 257 g/mol. The molecule has 0 amide bonds. The molecule has 2 unspecified atom stereocenters. The second-order valence-corrected chi connectivity index (χ2v) is 4.63. The van der Waals surface area contributed by atoms with Crippen LogP contribution >= 0.6 is 0 Å². The van der Waals surface area contributed by atoms with Crippen LogP contribution in [0, 0.1) is 28.6 Å². The van der Waals surface area contributed by atoms with Crippen molar-refractivity contribution in [3.05, 3.63) is 35.4 Å². The van der Waals surface area contributed by atoms with Gasteiger partial charge in [0, 0.05) is 13.1 Å². The molecule has 0 bridgehead atoms. The molecule has 0 fully saturated rings. The first kappa shape index (κ1) is 15.2. The molecule has 1 N–H and O–H groups in total. The lowest BCUT2D eigenvalue weighted by Gasteiger charge is -2.24. The standard InChI is InChI=1S/C15H19N3O/c1-3-18(10-12(2)8-16)11-15(19)14-6-4-13(9-17)5-7-14/h4-7,12,15,19H,3,10-11H2,1-2H3. The molecular formula is C15H19N3O. The van der Waals surface area contributed by atoms with Crippen LogP contribution in [0.1, 0.15) is 31.1 Å². The number of hydrogen-bond acceptors (Lipinski definition) is 4. The number of likely N-dealkylation sites (N-methyl/N-ethyl adjacent to an activating group) is 1. The summed E-state index contributed by atoms with van der Waals surface area (Å²) in [4.78, 5) is 2.05. The van der Waals surface area contributed by atoms with E-state index in [9.17, 15) is 5.11 Å². The van der Waals surface area contributed by atoms with Gasteiger partial charge in [0.2, 0.25) is 0 Å². The first-order valence-electron chi connectivity index (χ1n) is 6.40. The van der Waals surface area contributed by atoms with Gasteiger partial charge in [0.05, 0.1) is 29.7 Å². The van der Waals surface area contributed by atoms with Crippen LogP contribution in [0.15, 0.2) is 24.3 Å². The minimum Gasteiger partial charge on any atom is -0.387 e. The maximum absolute atomic E-state index is 10.2. The van der Waals surface area contributed by atoms with Crippen LogP contribution in [0.25, 0.3) is 0 Å². The summed E-state index contributed by atoms with van der Waals surface area (Å²) < 4.78 is 0. The second-order valence-electron chi connectivity index (χ2n) is 4.63. The third-order valence-electron chi connectivity index (χ3n) is 3.06. The second kappa shape index (κ2) is 7.53. The van der Waals surface area contributed by atoms with Crippen LogP contribution in [0.5, 0.6) is 0 Å². The van der Waals surface area contributed by atoms with Crippen molar-refractivity contribution in [2.45, 2.75) is 20.0 Å². The summed E-state index contributed by atoms with van der Waals surface area (Å²) in [5, 5.41) is 27.7. The van der Waals surface area contributed by atoms with Gasteiger partial charge in [-0.2, -0.15) is 10.5 Å². The molecule has 100 valence electrons. The highest BCUT2D eigenvalue weighted by molar-refractivity contribution is 5.32. The van der Waals surface area contributed by atoms with E-state index in [4.69, 9.17) is 10.5 Å². The molecule has 2 atom stereocenters. The highest BCUT2D eigenvalue weighted by Gasteiger charge is 2.14. The fraction of sp³-hybridized carbons (Fsp3) is 0.467. The van der Waals surface area contributed by atoms with Gasteiger partial charge in [-0.3, -0.25) is 4.90 Å². The van der Waals surface area contributed by atoms with Crippen molar-refractivity contribution in [2.75, 3.05) is 19.6 Å². The smallest absolute Gasteiger partial charge is 0.0991 e. The van der Waals surface area contributed by atoms with Gasteiger partial charge in [-0.25, -0.2) is 0 Å². The zero-order valence-electron chi connectivity index (χ0n) is 11.4. The number of nitrogens with zero attached hydrogens (tertiary/aromatic N) is 3. The molecular weight excluding hydrogens is 238 g/mol. The van der Waals surface area contributed by atoms with Gasteiger partial charge in [0.25, 0.3) is 0 Å². The maximum atomic E-state index is 10.2. The van der Waals surface area contributed by atoms with E-state index in [1.54, 1.807) is 24.3 Å². The molecule has 0 aliphatic heterocycles. The van der Waals surface area contributed by atoms with Crippen molar-refractivity contribution in [1.82, 2.24) is 4.90 Å². The highest BCUT2D eigenvalue weighted by atomic mass is 16.3. The first-order valence-corrected chi connectivity index (χ1v) is 6.40. The van der Waals surface area contributed by atoms with Gasteiger partial charge in [-0.1, -0.05) is 19.1 Å². The van der Waals surface area contributed by atoms with E-state index < -0.39 is 6.10 Å².